The summed E-state index contributed by atoms with van der Waals surface area (Å²) in [5, 5.41) is 8.31. The Kier molecular flexibility index (Phi) is 6.99. The highest BCUT2D eigenvalue weighted by molar-refractivity contribution is 5.71. The number of carbonyl (C=O) groups is 2. The summed E-state index contributed by atoms with van der Waals surface area (Å²) in [5.74, 6) is -1.22. The molecule has 0 saturated carbocycles. The van der Waals surface area contributed by atoms with Gasteiger partial charge in [-0.1, -0.05) is 0 Å². The molecule has 0 aliphatic carbocycles. The van der Waals surface area contributed by atoms with Gasteiger partial charge in [-0.3, -0.25) is 9.59 Å². The van der Waals surface area contributed by atoms with Crippen molar-refractivity contribution < 1.29 is 19.4 Å². The number of carboxylic acids is 1. The first-order valence-corrected chi connectivity index (χ1v) is 4.25. The fraction of sp³-hybridized carbons (Fsp3) is 0.778. The van der Waals surface area contributed by atoms with Gasteiger partial charge in [0.15, 0.2) is 0 Å². The lowest BCUT2D eigenvalue weighted by molar-refractivity contribution is -0.155. The Bertz CT molecular complexity index is 195. The van der Waals surface area contributed by atoms with Crippen molar-refractivity contribution in [2.24, 2.45) is 0 Å². The van der Waals surface area contributed by atoms with Crippen molar-refractivity contribution >= 4 is 11.9 Å². The highest BCUT2D eigenvalue weighted by Gasteiger charge is 2.15. The smallest absolute Gasteiger partial charge is 0.306 e. The Hall–Kier alpha value is -1.10. The zero-order valence-electron chi connectivity index (χ0n) is 9.00. The summed E-state index contributed by atoms with van der Waals surface area (Å²) in [6.45, 7) is 5.34. The minimum atomic E-state index is -0.886. The molecule has 0 heterocycles. The van der Waals surface area contributed by atoms with E-state index in [4.69, 9.17) is 9.84 Å². The minimum Gasteiger partial charge on any atom is -0.481 e. The molecule has 0 saturated heterocycles. The van der Waals surface area contributed by atoms with Crippen LogP contribution in [-0.2, 0) is 14.3 Å². The van der Waals surface area contributed by atoms with E-state index >= 15 is 0 Å². The molecule has 0 spiro atoms. The van der Waals surface area contributed by atoms with Gasteiger partial charge in [0.25, 0.3) is 0 Å². The first-order chi connectivity index (χ1) is 5.81. The molecular weight excluding hydrogens is 186 g/mol. The lowest BCUT2D eigenvalue weighted by Gasteiger charge is -2.19. The van der Waals surface area contributed by atoms with E-state index in [2.05, 4.69) is 0 Å². The molecule has 0 fully saturated rings. The molecule has 0 aromatic carbocycles. The highest BCUT2D eigenvalue weighted by atomic mass is 16.6. The van der Waals surface area contributed by atoms with Gasteiger partial charge in [0.05, 0.1) is 0 Å². The van der Waals surface area contributed by atoms with E-state index in [0.717, 1.165) is 0 Å². The molecule has 5 heteroatoms. The molecule has 0 atom stereocenters. The third kappa shape index (κ3) is 10.9. The van der Waals surface area contributed by atoms with Crippen molar-refractivity contribution in [3.8, 4) is 0 Å². The number of rotatable bonds is 4. The molecule has 0 aliphatic rings. The van der Waals surface area contributed by atoms with Crippen LogP contribution in [-0.4, -0.2) is 22.6 Å². The lowest BCUT2D eigenvalue weighted by Crippen LogP contribution is -2.23. The molecule has 0 amide bonds. The van der Waals surface area contributed by atoms with Gasteiger partial charge in [0, 0.05) is 12.8 Å². The van der Waals surface area contributed by atoms with Crippen LogP contribution < -0.4 is 6.15 Å². The van der Waals surface area contributed by atoms with Gasteiger partial charge >= 0.3 is 11.9 Å². The zero-order valence-corrected chi connectivity index (χ0v) is 9.00. The summed E-state index contributed by atoms with van der Waals surface area (Å²) in [5.41, 5.74) is -0.486. The van der Waals surface area contributed by atoms with Crippen LogP contribution in [0.5, 0.6) is 0 Å². The standard InChI is InChI=1S/C9H16O4.H3N/c1-9(2,3)13-8(12)6-4-5-7(10)11;/h4-6H2,1-3H3,(H,10,11);1H3. The van der Waals surface area contributed by atoms with Gasteiger partial charge in [0.1, 0.15) is 5.60 Å². The number of hydrogen-bond acceptors (Lipinski definition) is 4. The van der Waals surface area contributed by atoms with Crippen LogP contribution in [0.3, 0.4) is 0 Å². The van der Waals surface area contributed by atoms with Gasteiger partial charge < -0.3 is 16.0 Å². The topological polar surface area (TPSA) is 98.6 Å². The second-order valence-corrected chi connectivity index (χ2v) is 3.83. The summed E-state index contributed by atoms with van der Waals surface area (Å²) in [6, 6.07) is 0. The van der Waals surface area contributed by atoms with E-state index < -0.39 is 11.6 Å². The molecule has 0 radical (unpaired) electrons. The van der Waals surface area contributed by atoms with Crippen LogP contribution in [0.25, 0.3) is 0 Å². The van der Waals surface area contributed by atoms with E-state index in [9.17, 15) is 9.59 Å². The number of ether oxygens (including phenoxy) is 1. The monoisotopic (exact) mass is 205 g/mol. The molecule has 5 nitrogen and oxygen atoms in total. The normalized spacial score (nSPS) is 10.2. The molecule has 84 valence electrons. The lowest BCUT2D eigenvalue weighted by atomic mass is 10.2. The second kappa shape index (κ2) is 6.37. The largest absolute Gasteiger partial charge is 0.481 e. The van der Waals surface area contributed by atoms with Crippen molar-refractivity contribution in [2.45, 2.75) is 45.6 Å². The molecule has 0 bridgehead atoms. The predicted octanol–water partition coefficient (Wildman–Crippen LogP) is 1.74. The first-order valence-electron chi connectivity index (χ1n) is 4.25. The summed E-state index contributed by atoms with van der Waals surface area (Å²) in [7, 11) is 0. The maximum absolute atomic E-state index is 11.0. The SMILES string of the molecule is CC(C)(C)OC(=O)CCCC(=O)O.N. The number of aliphatic carboxylic acids is 1. The Labute approximate surface area is 84.0 Å². The van der Waals surface area contributed by atoms with E-state index in [1.165, 1.54) is 0 Å². The molecule has 0 rings (SSSR count). The molecule has 0 unspecified atom stereocenters. The second-order valence-electron chi connectivity index (χ2n) is 3.83. The van der Waals surface area contributed by atoms with Crippen molar-refractivity contribution in [1.29, 1.82) is 0 Å². The fourth-order valence-corrected chi connectivity index (χ4v) is 0.776. The first kappa shape index (κ1) is 15.4. The number of carbonyl (C=O) groups excluding carboxylic acids is 1. The van der Waals surface area contributed by atoms with E-state index in [0.29, 0.717) is 6.42 Å². The van der Waals surface area contributed by atoms with Crippen LogP contribution in [0, 0.1) is 0 Å². The Morgan fingerprint density at radius 2 is 1.71 bits per heavy atom. The van der Waals surface area contributed by atoms with Crippen molar-refractivity contribution in [3.05, 3.63) is 0 Å². The van der Waals surface area contributed by atoms with Crippen LogP contribution in [0.15, 0.2) is 0 Å². The summed E-state index contributed by atoms with van der Waals surface area (Å²) >= 11 is 0. The van der Waals surface area contributed by atoms with Crippen LogP contribution in [0.4, 0.5) is 0 Å². The number of carboxylic acid groups (broad SMARTS) is 1. The van der Waals surface area contributed by atoms with Gasteiger partial charge in [-0.2, -0.15) is 0 Å². The quantitative estimate of drug-likeness (QED) is 0.681. The van der Waals surface area contributed by atoms with Crippen molar-refractivity contribution in [3.63, 3.8) is 0 Å². The third-order valence-electron chi connectivity index (χ3n) is 1.19. The summed E-state index contributed by atoms with van der Waals surface area (Å²) < 4.78 is 4.99. The van der Waals surface area contributed by atoms with E-state index in [-0.39, 0.29) is 25.0 Å². The molecule has 0 aliphatic heterocycles. The Morgan fingerprint density at radius 3 is 2.07 bits per heavy atom. The highest BCUT2D eigenvalue weighted by Crippen LogP contribution is 2.09. The molecule has 14 heavy (non-hydrogen) atoms. The molecular formula is C9H19NO4. The molecule has 4 N–H and O–H groups in total. The van der Waals surface area contributed by atoms with Crippen molar-refractivity contribution in [2.75, 3.05) is 0 Å². The van der Waals surface area contributed by atoms with Gasteiger partial charge in [-0.25, -0.2) is 0 Å². The predicted molar refractivity (Wildman–Crippen MR) is 52.4 cm³/mol. The van der Waals surface area contributed by atoms with Crippen molar-refractivity contribution in [1.82, 2.24) is 6.15 Å². The van der Waals surface area contributed by atoms with Crippen LogP contribution in [0.1, 0.15) is 40.0 Å². The van der Waals surface area contributed by atoms with Crippen LogP contribution in [0.2, 0.25) is 0 Å². The average molecular weight is 205 g/mol. The van der Waals surface area contributed by atoms with Crippen LogP contribution >= 0.6 is 0 Å². The van der Waals surface area contributed by atoms with E-state index in [1.807, 2.05) is 0 Å². The summed E-state index contributed by atoms with van der Waals surface area (Å²) in [4.78, 5) is 21.1. The minimum absolute atomic E-state index is 0. The van der Waals surface area contributed by atoms with Gasteiger partial charge in [-0.15, -0.1) is 0 Å². The number of hydrogen-bond donors (Lipinski definition) is 2. The molecule has 0 aromatic rings. The summed E-state index contributed by atoms with van der Waals surface area (Å²) in [6.07, 6.45) is 0.521. The maximum atomic E-state index is 11.0. The zero-order chi connectivity index (χ0) is 10.5. The Balaban J connectivity index is 0. The maximum Gasteiger partial charge on any atom is 0.306 e. The fourth-order valence-electron chi connectivity index (χ4n) is 0.776. The van der Waals surface area contributed by atoms with Gasteiger partial charge in [-0.05, 0) is 27.2 Å². The van der Waals surface area contributed by atoms with E-state index in [1.54, 1.807) is 20.8 Å². The molecule has 0 aromatic heterocycles. The number of esters is 1. The average Bonchev–Trinajstić information content (AvgIpc) is 1.81. The third-order valence-corrected chi connectivity index (χ3v) is 1.19. The van der Waals surface area contributed by atoms with Gasteiger partial charge in [0.2, 0.25) is 0 Å². The Morgan fingerprint density at radius 1 is 1.21 bits per heavy atom.